The number of allylic oxidation sites excluding steroid dienone is 24. The molecule has 9 heteroatoms. The van der Waals surface area contributed by atoms with E-state index < -0.39 is 24.3 Å². The average Bonchev–Trinajstić information content (AvgIpc) is 3.38. The number of carbonyl (C=O) groups excluding carboxylic acids is 2. The second-order valence-electron chi connectivity index (χ2n) is 26.2. The highest BCUT2D eigenvalue weighted by molar-refractivity contribution is 5.71. The molecular weight excluding hydrogens is 1150 g/mol. The molecule has 1 N–H and O–H groups in total. The molecule has 0 aromatic heterocycles. The van der Waals surface area contributed by atoms with Crippen LogP contribution in [0.3, 0.4) is 0 Å². The predicted octanol–water partition coefficient (Wildman–Crippen LogP) is 24.3. The van der Waals surface area contributed by atoms with E-state index in [0.717, 1.165) is 122 Å². The Hall–Kier alpha value is -4.83. The lowest BCUT2D eigenvalue weighted by Crippen LogP contribution is -2.40. The van der Waals surface area contributed by atoms with Crippen LogP contribution in [0.2, 0.25) is 0 Å². The molecule has 0 aliphatic rings. The maximum Gasteiger partial charge on any atom is 0.361 e. The van der Waals surface area contributed by atoms with Crippen molar-refractivity contribution in [3.05, 3.63) is 146 Å². The number of ether oxygens (including phenoxy) is 4. The van der Waals surface area contributed by atoms with Crippen LogP contribution in [0.25, 0.3) is 0 Å². The third kappa shape index (κ3) is 74.4. The first-order valence-corrected chi connectivity index (χ1v) is 38.0. The monoisotopic (exact) mass is 1290 g/mol. The van der Waals surface area contributed by atoms with Gasteiger partial charge in [0.15, 0.2) is 6.10 Å². The summed E-state index contributed by atoms with van der Waals surface area (Å²) >= 11 is 0. The van der Waals surface area contributed by atoms with E-state index in [9.17, 15) is 19.5 Å². The predicted molar refractivity (Wildman–Crippen MR) is 400 cm³/mol. The van der Waals surface area contributed by atoms with Crippen molar-refractivity contribution in [2.24, 2.45) is 0 Å². The third-order valence-corrected chi connectivity index (χ3v) is 16.1. The van der Waals surface area contributed by atoms with Crippen LogP contribution < -0.4 is 0 Å². The van der Waals surface area contributed by atoms with Crippen molar-refractivity contribution >= 4 is 17.9 Å². The lowest BCUT2D eigenvalue weighted by Gasteiger charge is -2.25. The summed E-state index contributed by atoms with van der Waals surface area (Å²) in [6.07, 6.45) is 104. The molecule has 0 aliphatic carbocycles. The number of hydrogen-bond acceptors (Lipinski definition) is 7. The number of quaternary nitrogens is 1. The van der Waals surface area contributed by atoms with Gasteiger partial charge in [0, 0.05) is 12.8 Å². The van der Waals surface area contributed by atoms with Crippen molar-refractivity contribution in [2.45, 2.75) is 322 Å². The molecule has 0 radical (unpaired) electrons. The van der Waals surface area contributed by atoms with Crippen LogP contribution in [0.5, 0.6) is 0 Å². The number of carboxylic acid groups (broad SMARTS) is 1. The zero-order valence-corrected chi connectivity index (χ0v) is 60.6. The van der Waals surface area contributed by atoms with Crippen LogP contribution in [-0.2, 0) is 33.3 Å². The first kappa shape index (κ1) is 88.2. The summed E-state index contributed by atoms with van der Waals surface area (Å²) in [5.74, 6) is -2.03. The Labute approximate surface area is 572 Å². The van der Waals surface area contributed by atoms with Gasteiger partial charge in [0.2, 0.25) is 0 Å². The second-order valence-corrected chi connectivity index (χ2v) is 26.2. The van der Waals surface area contributed by atoms with E-state index in [1.165, 1.54) is 154 Å². The number of esters is 2. The maximum atomic E-state index is 13.0. The topological polar surface area (TPSA) is 108 Å². The smallest absolute Gasteiger partial charge is 0.361 e. The van der Waals surface area contributed by atoms with Gasteiger partial charge in [-0.05, 0) is 122 Å². The Balaban J connectivity index is 4.17. The minimum Gasteiger partial charge on any atom is -0.477 e. The van der Waals surface area contributed by atoms with E-state index in [1.54, 1.807) is 0 Å². The number of aliphatic carboxylic acids is 1. The molecule has 0 aromatic rings. The van der Waals surface area contributed by atoms with E-state index in [4.69, 9.17) is 18.9 Å². The van der Waals surface area contributed by atoms with Crippen LogP contribution in [0.1, 0.15) is 309 Å². The summed E-state index contributed by atoms with van der Waals surface area (Å²) in [6, 6.07) is 0. The molecule has 2 atom stereocenters. The minimum absolute atomic E-state index is 0.177. The zero-order chi connectivity index (χ0) is 67.5. The first-order valence-electron chi connectivity index (χ1n) is 38.0. The number of nitrogens with zero attached hydrogens (tertiary/aromatic N) is 1. The molecule has 0 rings (SSSR count). The fourth-order valence-corrected chi connectivity index (χ4v) is 10.3. The van der Waals surface area contributed by atoms with Crippen molar-refractivity contribution in [1.29, 1.82) is 0 Å². The van der Waals surface area contributed by atoms with Gasteiger partial charge in [-0.15, -0.1) is 0 Å². The molecular formula is C84H142NO8+. The molecule has 0 bridgehead atoms. The zero-order valence-electron chi connectivity index (χ0n) is 60.6. The highest BCUT2D eigenvalue weighted by Crippen LogP contribution is 2.17. The standard InChI is InChI=1S/C84H141NO8/c1-6-8-10-12-14-16-18-20-22-24-26-28-30-32-34-36-37-38-39-40-41-42-43-44-45-47-49-51-53-55-57-59-61-63-65-67-69-71-73-75-82(87)93-80(79-92-84(83(88)89)90-77-76-85(3,4)5)78-91-81(86)74-72-70-68-66-64-62-60-58-56-54-52-50-48-46-35-33-31-29-27-25-23-21-19-17-15-13-11-9-7-2/h8,10,14,16,20,22,25-28,32,34,37-38,40-41,43-44,47,49,53,55,59,61,80,84H,6-7,9,11-13,15,17-19,21,23-24,29-31,33,35-36,39,42,45-46,48,50-52,54,56-58,60,62-79H2,1-5H3/p+1/b10-8-,16-14-,22-20-,27-25-,28-26-,34-32-,38-37-,41-40-,44-43-,49-47-,55-53-,61-59-. The summed E-state index contributed by atoms with van der Waals surface area (Å²) in [7, 11) is 5.97. The van der Waals surface area contributed by atoms with Crippen molar-refractivity contribution in [3.63, 3.8) is 0 Å². The highest BCUT2D eigenvalue weighted by atomic mass is 16.7. The lowest BCUT2D eigenvalue weighted by molar-refractivity contribution is -0.870. The quantitative estimate of drug-likeness (QED) is 0.0211. The van der Waals surface area contributed by atoms with Crippen LogP contribution in [0.15, 0.2) is 146 Å². The molecule has 0 spiro atoms. The first-order chi connectivity index (χ1) is 45.6. The number of likely N-dealkylation sites (N-methyl/N-ethyl adjacent to an activating group) is 1. The molecule has 0 amide bonds. The molecule has 0 aromatic carbocycles. The summed E-state index contributed by atoms with van der Waals surface area (Å²) in [5, 5.41) is 9.76. The lowest BCUT2D eigenvalue weighted by atomic mass is 10.0. The molecule has 0 saturated carbocycles. The number of carboxylic acids is 1. The van der Waals surface area contributed by atoms with Gasteiger partial charge < -0.3 is 28.5 Å². The number of hydrogen-bond donors (Lipinski definition) is 1. The van der Waals surface area contributed by atoms with Gasteiger partial charge in [-0.1, -0.05) is 320 Å². The Morgan fingerprint density at radius 3 is 0.925 bits per heavy atom. The third-order valence-electron chi connectivity index (χ3n) is 16.1. The van der Waals surface area contributed by atoms with Crippen LogP contribution >= 0.6 is 0 Å². The van der Waals surface area contributed by atoms with Gasteiger partial charge in [-0.25, -0.2) is 4.79 Å². The van der Waals surface area contributed by atoms with E-state index in [-0.39, 0.29) is 32.2 Å². The average molecular weight is 1290 g/mol. The largest absolute Gasteiger partial charge is 0.477 e. The van der Waals surface area contributed by atoms with Crippen LogP contribution in [0.4, 0.5) is 0 Å². The molecule has 93 heavy (non-hydrogen) atoms. The number of rotatable bonds is 69. The number of unbranched alkanes of at least 4 members (excludes halogenated alkanes) is 30. The summed E-state index contributed by atoms with van der Waals surface area (Å²) in [4.78, 5) is 37.7. The van der Waals surface area contributed by atoms with E-state index in [1.807, 2.05) is 21.1 Å². The Kier molecular flexibility index (Phi) is 69.2. The summed E-state index contributed by atoms with van der Waals surface area (Å²) in [6.45, 7) is 4.76. The Morgan fingerprint density at radius 2 is 0.613 bits per heavy atom. The molecule has 0 heterocycles. The molecule has 0 fully saturated rings. The fourth-order valence-electron chi connectivity index (χ4n) is 10.3. The molecule has 530 valence electrons. The van der Waals surface area contributed by atoms with Gasteiger partial charge in [0.1, 0.15) is 13.2 Å². The summed E-state index contributed by atoms with van der Waals surface area (Å²) in [5.41, 5.74) is 0. The SMILES string of the molecule is CC/C=C\C/C=C\C/C=C\C/C=C\C/C=C\C/C=C\C/C=C\C/C=C\C/C=C\C/C=C\C/C=C\CCCCCCCC(=O)OC(COC(=O)CCCCCCCCCCCCCCCCCCC/C=C\CCCCCCCCCC)COC(OCC[N+](C)(C)C)C(=O)O. The van der Waals surface area contributed by atoms with Gasteiger partial charge in [0.25, 0.3) is 6.29 Å². The molecule has 0 aliphatic heterocycles. The van der Waals surface area contributed by atoms with Crippen molar-refractivity contribution in [1.82, 2.24) is 0 Å². The van der Waals surface area contributed by atoms with Gasteiger partial charge in [0.05, 0.1) is 34.4 Å². The molecule has 0 saturated heterocycles. The molecule has 2 unspecified atom stereocenters. The maximum absolute atomic E-state index is 13.0. The van der Waals surface area contributed by atoms with E-state index in [0.29, 0.717) is 23.9 Å². The van der Waals surface area contributed by atoms with Crippen molar-refractivity contribution < 1.29 is 42.9 Å². The Morgan fingerprint density at radius 1 is 0.333 bits per heavy atom. The van der Waals surface area contributed by atoms with Crippen molar-refractivity contribution in [3.8, 4) is 0 Å². The normalized spacial score (nSPS) is 13.5. The van der Waals surface area contributed by atoms with Crippen LogP contribution in [0, 0.1) is 0 Å². The minimum atomic E-state index is -1.53. The number of carbonyl (C=O) groups is 3. The summed E-state index contributed by atoms with van der Waals surface area (Å²) < 4.78 is 23.0. The van der Waals surface area contributed by atoms with Gasteiger partial charge in [-0.2, -0.15) is 0 Å². The molecule has 9 nitrogen and oxygen atoms in total. The van der Waals surface area contributed by atoms with E-state index in [2.05, 4.69) is 160 Å². The highest BCUT2D eigenvalue weighted by Gasteiger charge is 2.25. The van der Waals surface area contributed by atoms with E-state index >= 15 is 0 Å². The van der Waals surface area contributed by atoms with Crippen molar-refractivity contribution in [2.75, 3.05) is 47.5 Å². The van der Waals surface area contributed by atoms with Gasteiger partial charge >= 0.3 is 17.9 Å². The van der Waals surface area contributed by atoms with Gasteiger partial charge in [-0.3, -0.25) is 9.59 Å². The fraction of sp³-hybridized carbons (Fsp3) is 0.679. The second kappa shape index (κ2) is 73.0. The van der Waals surface area contributed by atoms with Crippen LogP contribution in [-0.4, -0.2) is 87.4 Å². The Bertz CT molecular complexity index is 2040.